The Kier molecular flexibility index (Phi) is 3.90. The molecule has 0 unspecified atom stereocenters. The lowest BCUT2D eigenvalue weighted by atomic mass is 9.89. The van der Waals surface area contributed by atoms with Crippen LogP contribution in [-0.4, -0.2) is 0 Å². The Morgan fingerprint density at radius 2 is 1.50 bits per heavy atom. The molecule has 0 N–H and O–H groups in total. The van der Waals surface area contributed by atoms with Crippen LogP contribution < -0.4 is 0 Å². The van der Waals surface area contributed by atoms with Gasteiger partial charge in [-0.2, -0.15) is 0 Å². The van der Waals surface area contributed by atoms with Crippen LogP contribution in [0.25, 0.3) is 22.3 Å². The third kappa shape index (κ3) is 2.85. The number of rotatable bonds is 3. The van der Waals surface area contributed by atoms with Gasteiger partial charge in [-0.15, -0.1) is 0 Å². The summed E-state index contributed by atoms with van der Waals surface area (Å²) in [7, 11) is 0. The number of hydrogen-bond acceptors (Lipinski definition) is 0. The summed E-state index contributed by atoms with van der Waals surface area (Å²) in [5.41, 5.74) is 7.21. The largest absolute Gasteiger partial charge is 0.207 e. The predicted octanol–water partition coefficient (Wildman–Crippen LogP) is 7.00. The van der Waals surface area contributed by atoms with Crippen molar-refractivity contribution in [1.82, 2.24) is 0 Å². The first-order chi connectivity index (χ1) is 11.6. The maximum atomic E-state index is 13.3. The summed E-state index contributed by atoms with van der Waals surface area (Å²) in [5, 5.41) is 0.793. The van der Waals surface area contributed by atoms with E-state index in [1.807, 2.05) is 25.1 Å². The van der Waals surface area contributed by atoms with Crippen molar-refractivity contribution in [2.45, 2.75) is 25.7 Å². The molecule has 0 saturated heterocycles. The fourth-order valence-corrected chi connectivity index (χ4v) is 3.44. The molecule has 3 aromatic rings. The van der Waals surface area contributed by atoms with Crippen molar-refractivity contribution in [2.24, 2.45) is 0 Å². The van der Waals surface area contributed by atoms with E-state index >= 15 is 0 Å². The van der Waals surface area contributed by atoms with Crippen LogP contribution in [-0.2, 0) is 0 Å². The second kappa shape index (κ2) is 6.07. The highest BCUT2D eigenvalue weighted by Gasteiger charge is 2.29. The Labute approximate surface area is 146 Å². The van der Waals surface area contributed by atoms with Gasteiger partial charge in [-0.25, -0.2) is 4.39 Å². The van der Waals surface area contributed by atoms with Gasteiger partial charge in [-0.1, -0.05) is 48.0 Å². The number of benzene rings is 3. The monoisotopic (exact) mass is 336 g/mol. The molecule has 2 heteroatoms. The number of hydrogen-bond donors (Lipinski definition) is 0. The van der Waals surface area contributed by atoms with Gasteiger partial charge < -0.3 is 0 Å². The van der Waals surface area contributed by atoms with Crippen molar-refractivity contribution >= 4 is 11.6 Å². The van der Waals surface area contributed by atoms with E-state index in [-0.39, 0.29) is 5.82 Å². The average Bonchev–Trinajstić information content (AvgIpc) is 3.42. The second-order valence-electron chi connectivity index (χ2n) is 6.51. The maximum absolute atomic E-state index is 13.3. The van der Waals surface area contributed by atoms with Gasteiger partial charge in [0.25, 0.3) is 0 Å². The molecule has 1 saturated carbocycles. The van der Waals surface area contributed by atoms with Gasteiger partial charge in [0.2, 0.25) is 0 Å². The summed E-state index contributed by atoms with van der Waals surface area (Å²) in [4.78, 5) is 0. The average molecular weight is 337 g/mol. The minimum absolute atomic E-state index is 0.198. The summed E-state index contributed by atoms with van der Waals surface area (Å²) in [6.07, 6.45) is 2.44. The molecule has 24 heavy (non-hydrogen) atoms. The molecule has 0 atom stereocenters. The molecule has 0 nitrogen and oxygen atoms in total. The Hall–Kier alpha value is -2.12. The highest BCUT2D eigenvalue weighted by atomic mass is 35.5. The molecule has 0 amide bonds. The zero-order valence-electron chi connectivity index (χ0n) is 13.5. The first-order valence-electron chi connectivity index (χ1n) is 8.29. The standard InChI is InChI=1S/C22H18ClF/c1-14-13-17(9-12-21(14)23)20-4-2-3-19(22(20)16-5-6-16)15-7-10-18(24)11-8-15/h2-4,7-13,16H,5-6H2,1H3. The van der Waals surface area contributed by atoms with E-state index in [0.29, 0.717) is 5.92 Å². The number of halogens is 2. The predicted molar refractivity (Wildman–Crippen MR) is 99.0 cm³/mol. The lowest BCUT2D eigenvalue weighted by Crippen LogP contribution is -1.93. The third-order valence-electron chi connectivity index (χ3n) is 4.72. The first-order valence-corrected chi connectivity index (χ1v) is 8.66. The van der Waals surface area contributed by atoms with Crippen LogP contribution in [0.3, 0.4) is 0 Å². The topological polar surface area (TPSA) is 0 Å². The van der Waals surface area contributed by atoms with Gasteiger partial charge >= 0.3 is 0 Å². The van der Waals surface area contributed by atoms with Crippen molar-refractivity contribution in [2.75, 3.05) is 0 Å². The van der Waals surface area contributed by atoms with Crippen LogP contribution >= 0.6 is 11.6 Å². The normalized spacial score (nSPS) is 14.0. The summed E-state index contributed by atoms with van der Waals surface area (Å²) < 4.78 is 13.3. The lowest BCUT2D eigenvalue weighted by Gasteiger charge is -2.16. The van der Waals surface area contributed by atoms with Crippen molar-refractivity contribution in [3.05, 3.63) is 82.6 Å². The smallest absolute Gasteiger partial charge is 0.123 e. The van der Waals surface area contributed by atoms with E-state index in [1.165, 1.54) is 47.2 Å². The van der Waals surface area contributed by atoms with Crippen LogP contribution in [0.4, 0.5) is 4.39 Å². The number of aryl methyl sites for hydroxylation is 1. The molecular formula is C22H18ClF. The molecule has 3 aromatic carbocycles. The Balaban J connectivity index is 1.90. The van der Waals surface area contributed by atoms with E-state index in [0.717, 1.165) is 16.1 Å². The van der Waals surface area contributed by atoms with E-state index in [2.05, 4.69) is 30.3 Å². The van der Waals surface area contributed by atoms with Crippen LogP contribution in [0.2, 0.25) is 5.02 Å². The zero-order valence-corrected chi connectivity index (χ0v) is 14.3. The van der Waals surface area contributed by atoms with Crippen molar-refractivity contribution in [3.63, 3.8) is 0 Å². The van der Waals surface area contributed by atoms with E-state index in [1.54, 1.807) is 0 Å². The molecule has 0 spiro atoms. The molecule has 120 valence electrons. The van der Waals surface area contributed by atoms with Gasteiger partial charge in [0.15, 0.2) is 0 Å². The van der Waals surface area contributed by atoms with E-state index in [4.69, 9.17) is 11.6 Å². The van der Waals surface area contributed by atoms with Gasteiger partial charge in [-0.3, -0.25) is 0 Å². The second-order valence-corrected chi connectivity index (χ2v) is 6.92. The summed E-state index contributed by atoms with van der Waals surface area (Å²) in [6, 6.07) is 19.4. The van der Waals surface area contributed by atoms with Crippen LogP contribution in [0.5, 0.6) is 0 Å². The van der Waals surface area contributed by atoms with Gasteiger partial charge in [0, 0.05) is 5.02 Å². The molecule has 0 aliphatic heterocycles. The Bertz CT molecular complexity index is 892. The highest BCUT2D eigenvalue weighted by molar-refractivity contribution is 6.31. The Morgan fingerprint density at radius 1 is 0.875 bits per heavy atom. The van der Waals surface area contributed by atoms with Gasteiger partial charge in [-0.05, 0) is 83.3 Å². The maximum Gasteiger partial charge on any atom is 0.123 e. The molecule has 0 heterocycles. The van der Waals surface area contributed by atoms with Gasteiger partial charge in [0.1, 0.15) is 5.82 Å². The van der Waals surface area contributed by atoms with Gasteiger partial charge in [0.05, 0.1) is 0 Å². The highest BCUT2D eigenvalue weighted by Crippen LogP contribution is 2.48. The molecule has 0 bridgehead atoms. The van der Waals surface area contributed by atoms with Crippen molar-refractivity contribution in [1.29, 1.82) is 0 Å². The van der Waals surface area contributed by atoms with Crippen molar-refractivity contribution in [3.8, 4) is 22.3 Å². The fraction of sp³-hybridized carbons (Fsp3) is 0.182. The van der Waals surface area contributed by atoms with Crippen LogP contribution in [0, 0.1) is 12.7 Å². The van der Waals surface area contributed by atoms with Crippen LogP contribution in [0.1, 0.15) is 29.9 Å². The molecule has 1 aliphatic carbocycles. The summed E-state index contributed by atoms with van der Waals surface area (Å²) >= 11 is 6.19. The molecular weight excluding hydrogens is 319 g/mol. The molecule has 1 fully saturated rings. The Morgan fingerprint density at radius 3 is 2.12 bits per heavy atom. The fourth-order valence-electron chi connectivity index (χ4n) is 3.32. The minimum Gasteiger partial charge on any atom is -0.207 e. The third-order valence-corrected chi connectivity index (χ3v) is 5.14. The van der Waals surface area contributed by atoms with Crippen LogP contribution in [0.15, 0.2) is 60.7 Å². The first kappa shape index (κ1) is 15.4. The summed E-state index contributed by atoms with van der Waals surface area (Å²) in [5.74, 6) is 0.397. The van der Waals surface area contributed by atoms with E-state index < -0.39 is 0 Å². The molecule has 0 radical (unpaired) electrons. The molecule has 0 aromatic heterocycles. The zero-order chi connectivity index (χ0) is 16.7. The SMILES string of the molecule is Cc1cc(-c2cccc(-c3ccc(F)cc3)c2C2CC2)ccc1Cl. The van der Waals surface area contributed by atoms with E-state index in [9.17, 15) is 4.39 Å². The molecule has 4 rings (SSSR count). The lowest BCUT2D eigenvalue weighted by molar-refractivity contribution is 0.628. The molecule has 1 aliphatic rings. The minimum atomic E-state index is -0.198. The summed E-state index contributed by atoms with van der Waals surface area (Å²) in [6.45, 7) is 2.03. The quantitative estimate of drug-likeness (QED) is 0.483. The van der Waals surface area contributed by atoms with Crippen molar-refractivity contribution < 1.29 is 4.39 Å².